The molecule has 0 saturated carbocycles. The molecular weight excluding hydrogens is 170 g/mol. The van der Waals surface area contributed by atoms with Gasteiger partial charge in [-0.05, 0) is 31.0 Å². The molecule has 0 fully saturated rings. The normalized spacial score (nSPS) is 22.0. The molecule has 0 saturated heterocycles. The molecule has 0 bridgehead atoms. The molecule has 1 aromatic rings. The summed E-state index contributed by atoms with van der Waals surface area (Å²) in [5.41, 5.74) is 3.12. The van der Waals surface area contributed by atoms with Crippen LogP contribution in [0.4, 0.5) is 0 Å². The number of likely N-dealkylation sites (N-methyl/N-ethyl adjacent to an activating group) is 1. The maximum atomic E-state index is 2.49. The van der Waals surface area contributed by atoms with Gasteiger partial charge in [-0.1, -0.05) is 37.6 Å². The van der Waals surface area contributed by atoms with Crippen LogP contribution in [0.1, 0.15) is 36.9 Å². The minimum Gasteiger partial charge on any atom is -0.299 e. The Morgan fingerprint density at radius 1 is 1.36 bits per heavy atom. The molecule has 0 aromatic heterocycles. The van der Waals surface area contributed by atoms with Crippen LogP contribution in [0.3, 0.4) is 0 Å². The van der Waals surface area contributed by atoms with Crippen molar-refractivity contribution >= 4 is 0 Å². The van der Waals surface area contributed by atoms with Crippen molar-refractivity contribution in [2.75, 3.05) is 13.6 Å². The quantitative estimate of drug-likeness (QED) is 0.691. The molecule has 1 atom stereocenters. The number of hydrogen-bond donors (Lipinski definition) is 0. The molecule has 0 radical (unpaired) electrons. The van der Waals surface area contributed by atoms with Crippen molar-refractivity contribution in [2.45, 2.75) is 32.2 Å². The van der Waals surface area contributed by atoms with Crippen molar-refractivity contribution in [2.24, 2.45) is 0 Å². The van der Waals surface area contributed by atoms with Gasteiger partial charge in [0.25, 0.3) is 0 Å². The van der Waals surface area contributed by atoms with Crippen LogP contribution >= 0.6 is 0 Å². The van der Waals surface area contributed by atoms with E-state index in [2.05, 4.69) is 43.1 Å². The largest absolute Gasteiger partial charge is 0.299 e. The molecule has 14 heavy (non-hydrogen) atoms. The lowest BCUT2D eigenvalue weighted by molar-refractivity contribution is 0.218. The zero-order valence-corrected chi connectivity index (χ0v) is 9.16. The molecule has 0 unspecified atom stereocenters. The second-order valence-electron chi connectivity index (χ2n) is 4.23. The maximum absolute atomic E-state index is 2.49. The molecule has 0 N–H and O–H groups in total. The Morgan fingerprint density at radius 3 is 2.93 bits per heavy atom. The number of nitrogens with zero attached hydrogens (tertiary/aromatic N) is 1. The van der Waals surface area contributed by atoms with E-state index in [4.69, 9.17) is 0 Å². The maximum Gasteiger partial charge on any atom is 0.0347 e. The van der Waals surface area contributed by atoms with E-state index in [-0.39, 0.29) is 0 Å². The molecule has 76 valence electrons. The van der Waals surface area contributed by atoms with Crippen LogP contribution in [-0.2, 0) is 6.42 Å². The highest BCUT2D eigenvalue weighted by Crippen LogP contribution is 2.31. The minimum atomic E-state index is 0.657. The smallest absolute Gasteiger partial charge is 0.0347 e. The molecule has 2 rings (SSSR count). The minimum absolute atomic E-state index is 0.657. The first-order valence-corrected chi connectivity index (χ1v) is 5.61. The highest BCUT2D eigenvalue weighted by Gasteiger charge is 2.22. The Balaban J connectivity index is 2.31. The van der Waals surface area contributed by atoms with Crippen LogP contribution in [0, 0.1) is 0 Å². The van der Waals surface area contributed by atoms with Gasteiger partial charge < -0.3 is 0 Å². The van der Waals surface area contributed by atoms with Crippen molar-refractivity contribution in [3.8, 4) is 0 Å². The van der Waals surface area contributed by atoms with Crippen LogP contribution in [0.25, 0.3) is 0 Å². The monoisotopic (exact) mass is 189 g/mol. The van der Waals surface area contributed by atoms with Gasteiger partial charge in [0, 0.05) is 12.6 Å². The lowest BCUT2D eigenvalue weighted by atomic mass is 9.90. The number of hydrogen-bond acceptors (Lipinski definition) is 1. The third kappa shape index (κ3) is 1.69. The summed E-state index contributed by atoms with van der Waals surface area (Å²) in [7, 11) is 2.25. The SMILES string of the molecule is CCC[C@H]1c2ccccc2CCN1C. The van der Waals surface area contributed by atoms with Gasteiger partial charge in [-0.15, -0.1) is 0 Å². The number of rotatable bonds is 2. The summed E-state index contributed by atoms with van der Waals surface area (Å²) < 4.78 is 0. The summed E-state index contributed by atoms with van der Waals surface area (Å²) in [5.74, 6) is 0. The highest BCUT2D eigenvalue weighted by atomic mass is 15.1. The van der Waals surface area contributed by atoms with Crippen LogP contribution < -0.4 is 0 Å². The Morgan fingerprint density at radius 2 is 2.14 bits per heavy atom. The van der Waals surface area contributed by atoms with Crippen molar-refractivity contribution in [3.63, 3.8) is 0 Å². The third-order valence-electron chi connectivity index (χ3n) is 3.24. The van der Waals surface area contributed by atoms with E-state index in [0.29, 0.717) is 6.04 Å². The Kier molecular flexibility index (Phi) is 2.87. The van der Waals surface area contributed by atoms with Gasteiger partial charge in [0.2, 0.25) is 0 Å². The molecule has 1 aliphatic rings. The van der Waals surface area contributed by atoms with Crippen LogP contribution in [0.2, 0.25) is 0 Å². The van der Waals surface area contributed by atoms with Gasteiger partial charge in [0.15, 0.2) is 0 Å². The molecule has 1 heteroatoms. The van der Waals surface area contributed by atoms with Gasteiger partial charge >= 0.3 is 0 Å². The van der Waals surface area contributed by atoms with Crippen molar-refractivity contribution in [1.29, 1.82) is 0 Å². The Hall–Kier alpha value is -0.820. The standard InChI is InChI=1S/C13H19N/c1-3-6-13-12-8-5-4-7-11(12)9-10-14(13)2/h4-5,7-8,13H,3,6,9-10H2,1-2H3/t13-/m0/s1. The van der Waals surface area contributed by atoms with Gasteiger partial charge in [-0.2, -0.15) is 0 Å². The van der Waals surface area contributed by atoms with Crippen LogP contribution in [-0.4, -0.2) is 18.5 Å². The summed E-state index contributed by atoms with van der Waals surface area (Å²) in [6, 6.07) is 9.56. The van der Waals surface area contributed by atoms with Crippen molar-refractivity contribution in [1.82, 2.24) is 4.90 Å². The fourth-order valence-electron chi connectivity index (χ4n) is 2.43. The average Bonchev–Trinajstić information content (AvgIpc) is 2.23. The topological polar surface area (TPSA) is 3.24 Å². The number of benzene rings is 1. The van der Waals surface area contributed by atoms with E-state index >= 15 is 0 Å². The highest BCUT2D eigenvalue weighted by molar-refractivity contribution is 5.32. The molecule has 1 aliphatic heterocycles. The van der Waals surface area contributed by atoms with E-state index < -0.39 is 0 Å². The second kappa shape index (κ2) is 4.14. The first-order chi connectivity index (χ1) is 6.83. The summed E-state index contributed by atoms with van der Waals surface area (Å²) in [4.78, 5) is 2.49. The van der Waals surface area contributed by atoms with Crippen LogP contribution in [0.5, 0.6) is 0 Å². The average molecular weight is 189 g/mol. The fourth-order valence-corrected chi connectivity index (χ4v) is 2.43. The van der Waals surface area contributed by atoms with Crippen molar-refractivity contribution in [3.05, 3.63) is 35.4 Å². The zero-order chi connectivity index (χ0) is 9.97. The number of fused-ring (bicyclic) bond motifs is 1. The fraction of sp³-hybridized carbons (Fsp3) is 0.538. The molecule has 1 nitrogen and oxygen atoms in total. The van der Waals surface area contributed by atoms with Gasteiger partial charge in [0.1, 0.15) is 0 Å². The summed E-state index contributed by atoms with van der Waals surface area (Å²) in [6.07, 6.45) is 3.77. The Labute approximate surface area is 86.7 Å². The predicted octanol–water partition coefficient (Wildman–Crippen LogP) is 3.02. The second-order valence-corrected chi connectivity index (χ2v) is 4.23. The molecular formula is C13H19N. The lowest BCUT2D eigenvalue weighted by Gasteiger charge is -2.34. The molecule has 1 heterocycles. The van der Waals surface area contributed by atoms with E-state index in [1.807, 2.05) is 0 Å². The van der Waals surface area contributed by atoms with E-state index in [9.17, 15) is 0 Å². The summed E-state index contributed by atoms with van der Waals surface area (Å²) >= 11 is 0. The predicted molar refractivity (Wildman–Crippen MR) is 60.4 cm³/mol. The van der Waals surface area contributed by atoms with Crippen molar-refractivity contribution < 1.29 is 0 Å². The first-order valence-electron chi connectivity index (χ1n) is 5.61. The third-order valence-corrected chi connectivity index (χ3v) is 3.24. The van der Waals surface area contributed by atoms with Gasteiger partial charge in [-0.3, -0.25) is 4.90 Å². The van der Waals surface area contributed by atoms with Crippen LogP contribution in [0.15, 0.2) is 24.3 Å². The Bertz CT molecular complexity index is 306. The molecule has 0 amide bonds. The van der Waals surface area contributed by atoms with E-state index in [0.717, 1.165) is 0 Å². The summed E-state index contributed by atoms with van der Waals surface area (Å²) in [6.45, 7) is 3.48. The molecule has 0 aliphatic carbocycles. The zero-order valence-electron chi connectivity index (χ0n) is 9.16. The first kappa shape index (κ1) is 9.72. The van der Waals surface area contributed by atoms with Gasteiger partial charge in [0.05, 0.1) is 0 Å². The van der Waals surface area contributed by atoms with E-state index in [1.54, 1.807) is 11.1 Å². The molecule has 0 spiro atoms. The molecule has 1 aromatic carbocycles. The lowest BCUT2D eigenvalue weighted by Crippen LogP contribution is -2.31. The summed E-state index contributed by atoms with van der Waals surface area (Å²) in [5, 5.41) is 0. The van der Waals surface area contributed by atoms with Gasteiger partial charge in [-0.25, -0.2) is 0 Å². The van der Waals surface area contributed by atoms with E-state index in [1.165, 1.54) is 25.8 Å².